The van der Waals surface area contributed by atoms with Crippen LogP contribution in [0.15, 0.2) is 60.7 Å². The zero-order valence-electron chi connectivity index (χ0n) is 18.1. The van der Waals surface area contributed by atoms with E-state index >= 15 is 0 Å². The zero-order valence-corrected chi connectivity index (χ0v) is 18.1. The fourth-order valence-corrected chi connectivity index (χ4v) is 3.12. The summed E-state index contributed by atoms with van der Waals surface area (Å²) in [6.45, 7) is 5.93. The van der Waals surface area contributed by atoms with Gasteiger partial charge in [-0.15, -0.1) is 10.2 Å². The molecule has 0 bridgehead atoms. The molecule has 0 aliphatic carbocycles. The molecule has 0 fully saturated rings. The van der Waals surface area contributed by atoms with Crippen molar-refractivity contribution < 1.29 is 14.5 Å². The lowest BCUT2D eigenvalue weighted by Crippen LogP contribution is -2.12. The molecule has 0 atom stereocenters. The van der Waals surface area contributed by atoms with Crippen molar-refractivity contribution in [3.05, 3.63) is 93.3 Å². The summed E-state index contributed by atoms with van der Waals surface area (Å²) in [4.78, 5) is 22.7. The van der Waals surface area contributed by atoms with E-state index in [2.05, 4.69) is 20.6 Å². The van der Waals surface area contributed by atoms with E-state index in [-0.39, 0.29) is 11.3 Å². The van der Waals surface area contributed by atoms with Gasteiger partial charge in [0.2, 0.25) is 5.88 Å². The fourth-order valence-electron chi connectivity index (χ4n) is 3.12. The number of aryl methyl sites for hydroxylation is 1. The molecule has 4 rings (SSSR count). The van der Waals surface area contributed by atoms with Crippen molar-refractivity contribution in [3.63, 3.8) is 0 Å². The smallest absolute Gasteiger partial charge is 0.270 e. The van der Waals surface area contributed by atoms with Crippen LogP contribution in [0.3, 0.4) is 0 Å². The van der Waals surface area contributed by atoms with Gasteiger partial charge in [-0.25, -0.2) is 4.68 Å². The van der Waals surface area contributed by atoms with Crippen molar-refractivity contribution in [3.8, 4) is 17.4 Å². The molecule has 10 nitrogen and oxygen atoms in total. The number of nitrogens with zero attached hydrogens (tertiary/aromatic N) is 5. The summed E-state index contributed by atoms with van der Waals surface area (Å²) in [6.07, 6.45) is 0. The number of nitro benzene ring substituents is 1. The molecular formula is C23H20N6O4. The van der Waals surface area contributed by atoms with Gasteiger partial charge in [0.1, 0.15) is 5.75 Å². The molecule has 1 N–H and O–H groups in total. The van der Waals surface area contributed by atoms with Crippen LogP contribution >= 0.6 is 0 Å². The maximum atomic E-state index is 12.4. The molecule has 10 heteroatoms. The fraction of sp³-hybridized carbons (Fsp3) is 0.130. The van der Waals surface area contributed by atoms with Gasteiger partial charge >= 0.3 is 0 Å². The molecule has 1 amide bonds. The summed E-state index contributed by atoms with van der Waals surface area (Å²) in [5.74, 6) is 0.959. The third kappa shape index (κ3) is 4.69. The average molecular weight is 444 g/mol. The monoisotopic (exact) mass is 444 g/mol. The standard InChI is InChI=1S/C23H20N6O4/c1-14-15(2)27-28(16(14)3)21-11-12-22(26-25-21)33-20-9-7-18(8-10-20)24-23(30)17-5-4-6-19(13-17)29(31)32/h4-13H,1-3H3,(H,24,30). The first-order chi connectivity index (χ1) is 15.8. The second-order valence-corrected chi connectivity index (χ2v) is 7.33. The van der Waals surface area contributed by atoms with Crippen molar-refractivity contribution in [1.82, 2.24) is 20.0 Å². The maximum absolute atomic E-state index is 12.4. The van der Waals surface area contributed by atoms with E-state index in [1.54, 1.807) is 41.1 Å². The van der Waals surface area contributed by atoms with Gasteiger partial charge in [-0.1, -0.05) is 6.07 Å². The first-order valence-electron chi connectivity index (χ1n) is 10.0. The van der Waals surface area contributed by atoms with E-state index in [1.807, 2.05) is 20.8 Å². The first-order valence-corrected chi connectivity index (χ1v) is 10.0. The molecule has 2 aromatic heterocycles. The largest absolute Gasteiger partial charge is 0.438 e. The molecule has 0 spiro atoms. The quantitative estimate of drug-likeness (QED) is 0.342. The van der Waals surface area contributed by atoms with Crippen LogP contribution in [-0.4, -0.2) is 30.8 Å². The Hall–Kier alpha value is -4.60. The number of nitrogens with one attached hydrogen (secondary N) is 1. The number of nitro groups is 1. The lowest BCUT2D eigenvalue weighted by Gasteiger charge is -2.08. The normalized spacial score (nSPS) is 10.6. The van der Waals surface area contributed by atoms with Crippen molar-refractivity contribution in [2.75, 3.05) is 5.32 Å². The molecule has 0 unspecified atom stereocenters. The van der Waals surface area contributed by atoms with Gasteiger partial charge in [0.15, 0.2) is 5.82 Å². The van der Waals surface area contributed by atoms with Gasteiger partial charge in [0.05, 0.1) is 10.6 Å². The molecule has 0 radical (unpaired) electrons. The minimum absolute atomic E-state index is 0.147. The molecule has 0 aliphatic rings. The number of ether oxygens (including phenoxy) is 1. The Kier molecular flexibility index (Phi) is 5.81. The minimum atomic E-state index is -0.545. The molecule has 2 aromatic carbocycles. The SMILES string of the molecule is Cc1nn(-c2ccc(Oc3ccc(NC(=O)c4cccc([N+](=O)[O-])c4)cc3)nn2)c(C)c1C. The zero-order chi connectivity index (χ0) is 23.5. The van der Waals surface area contributed by atoms with Gasteiger partial charge in [-0.3, -0.25) is 14.9 Å². The third-order valence-electron chi connectivity index (χ3n) is 5.15. The van der Waals surface area contributed by atoms with E-state index in [0.717, 1.165) is 17.0 Å². The second-order valence-electron chi connectivity index (χ2n) is 7.33. The van der Waals surface area contributed by atoms with Crippen molar-refractivity contribution in [2.24, 2.45) is 0 Å². The number of hydrogen-bond donors (Lipinski definition) is 1. The molecule has 0 saturated carbocycles. The van der Waals surface area contributed by atoms with Gasteiger partial charge in [-0.2, -0.15) is 5.10 Å². The van der Waals surface area contributed by atoms with E-state index in [4.69, 9.17) is 4.74 Å². The van der Waals surface area contributed by atoms with Crippen LogP contribution < -0.4 is 10.1 Å². The van der Waals surface area contributed by atoms with Crippen LogP contribution in [0.5, 0.6) is 11.6 Å². The summed E-state index contributed by atoms with van der Waals surface area (Å²) in [5.41, 5.74) is 3.60. The topological polar surface area (TPSA) is 125 Å². The Labute approximate surface area is 189 Å². The number of carbonyl (C=O) groups excluding carboxylic acids is 1. The highest BCUT2D eigenvalue weighted by Gasteiger charge is 2.13. The average Bonchev–Trinajstić information content (AvgIpc) is 3.08. The molecule has 33 heavy (non-hydrogen) atoms. The molecule has 166 valence electrons. The number of benzene rings is 2. The van der Waals surface area contributed by atoms with Crippen LogP contribution in [0, 0.1) is 30.9 Å². The van der Waals surface area contributed by atoms with Crippen LogP contribution in [-0.2, 0) is 0 Å². The second kappa shape index (κ2) is 8.87. The van der Waals surface area contributed by atoms with Crippen LogP contribution in [0.4, 0.5) is 11.4 Å². The molecule has 0 saturated heterocycles. The lowest BCUT2D eigenvalue weighted by molar-refractivity contribution is -0.384. The van der Waals surface area contributed by atoms with E-state index < -0.39 is 10.8 Å². The highest BCUT2D eigenvalue weighted by atomic mass is 16.6. The van der Waals surface area contributed by atoms with Crippen molar-refractivity contribution in [1.29, 1.82) is 0 Å². The van der Waals surface area contributed by atoms with Crippen LogP contribution in [0.2, 0.25) is 0 Å². The first kappa shape index (κ1) is 21.6. The Morgan fingerprint density at radius 3 is 2.39 bits per heavy atom. The summed E-state index contributed by atoms with van der Waals surface area (Å²) in [6, 6.07) is 15.7. The number of anilines is 1. The Bertz CT molecular complexity index is 1330. The van der Waals surface area contributed by atoms with Crippen molar-refractivity contribution >= 4 is 17.3 Å². The minimum Gasteiger partial charge on any atom is -0.438 e. The number of carbonyl (C=O) groups is 1. The van der Waals surface area contributed by atoms with Gasteiger partial charge < -0.3 is 10.1 Å². The Morgan fingerprint density at radius 1 is 1.03 bits per heavy atom. The number of non-ortho nitro benzene ring substituents is 1. The number of aromatic nitrogens is 4. The van der Waals surface area contributed by atoms with Gasteiger partial charge in [0.25, 0.3) is 11.6 Å². The predicted molar refractivity (Wildman–Crippen MR) is 121 cm³/mol. The van der Waals surface area contributed by atoms with Gasteiger partial charge in [-0.05, 0) is 62.7 Å². The number of hydrogen-bond acceptors (Lipinski definition) is 7. The summed E-state index contributed by atoms with van der Waals surface area (Å²) < 4.78 is 7.46. The third-order valence-corrected chi connectivity index (χ3v) is 5.15. The van der Waals surface area contributed by atoms with Gasteiger partial charge in [0, 0.05) is 35.1 Å². The maximum Gasteiger partial charge on any atom is 0.270 e. The molecule has 0 aliphatic heterocycles. The lowest BCUT2D eigenvalue weighted by atomic mass is 10.2. The summed E-state index contributed by atoms with van der Waals surface area (Å²) >= 11 is 0. The van der Waals surface area contributed by atoms with Crippen molar-refractivity contribution in [2.45, 2.75) is 20.8 Å². The molecular weight excluding hydrogens is 424 g/mol. The summed E-state index contributed by atoms with van der Waals surface area (Å²) in [7, 11) is 0. The van der Waals surface area contributed by atoms with E-state index in [9.17, 15) is 14.9 Å². The predicted octanol–water partition coefficient (Wildman–Crippen LogP) is 4.54. The highest BCUT2D eigenvalue weighted by Crippen LogP contribution is 2.23. The Balaban J connectivity index is 1.41. The van der Waals surface area contributed by atoms with E-state index in [0.29, 0.717) is 23.1 Å². The van der Waals surface area contributed by atoms with E-state index in [1.165, 1.54) is 24.3 Å². The summed E-state index contributed by atoms with van der Waals surface area (Å²) in [5, 5.41) is 26.3. The molecule has 4 aromatic rings. The van der Waals surface area contributed by atoms with Crippen LogP contribution in [0.1, 0.15) is 27.3 Å². The molecule has 2 heterocycles. The van der Waals surface area contributed by atoms with Crippen LogP contribution in [0.25, 0.3) is 5.82 Å². The Morgan fingerprint density at radius 2 is 1.79 bits per heavy atom. The number of amides is 1. The number of rotatable bonds is 6. The highest BCUT2D eigenvalue weighted by molar-refractivity contribution is 6.04.